The number of benzene rings is 2. The topological polar surface area (TPSA) is 84.8 Å². The number of nitrogens with zero attached hydrogens (tertiary/aromatic N) is 4. The summed E-state index contributed by atoms with van der Waals surface area (Å²) in [5.74, 6) is 0.390. The molecule has 0 aliphatic heterocycles. The van der Waals surface area contributed by atoms with Crippen LogP contribution in [0.5, 0.6) is 0 Å². The largest absolute Gasteiger partial charge is 0.416 e. The maximum absolute atomic E-state index is 13.1. The molecule has 10 heteroatoms. The van der Waals surface area contributed by atoms with Gasteiger partial charge in [0, 0.05) is 30.0 Å². The van der Waals surface area contributed by atoms with Gasteiger partial charge in [0.2, 0.25) is 0 Å². The fourth-order valence-electron chi connectivity index (χ4n) is 2.52. The van der Waals surface area contributed by atoms with Crippen LogP contribution in [-0.4, -0.2) is 20.2 Å². The number of aromatic nitrogens is 2. The molecule has 3 aromatic rings. The van der Waals surface area contributed by atoms with Crippen LogP contribution in [0.4, 0.5) is 18.9 Å². The summed E-state index contributed by atoms with van der Waals surface area (Å²) in [4.78, 5) is 14.7. The van der Waals surface area contributed by atoms with Crippen LogP contribution in [0.3, 0.4) is 0 Å². The average molecular weight is 392 g/mol. The lowest BCUT2D eigenvalue weighted by molar-refractivity contribution is -0.384. The van der Waals surface area contributed by atoms with Crippen molar-refractivity contribution in [3.05, 3.63) is 58.1 Å². The molecule has 3 rings (SSSR count). The maximum atomic E-state index is 13.1. The number of alkyl halides is 3. The predicted molar refractivity (Wildman–Crippen MR) is 93.7 cm³/mol. The summed E-state index contributed by atoms with van der Waals surface area (Å²) in [5, 5.41) is 20.0. The Morgan fingerprint density at radius 1 is 1.26 bits per heavy atom. The van der Waals surface area contributed by atoms with Crippen molar-refractivity contribution in [3.63, 3.8) is 0 Å². The van der Waals surface area contributed by atoms with E-state index in [2.05, 4.69) is 4.98 Å². The molecule has 0 unspecified atom stereocenters. The Morgan fingerprint density at radius 2 is 2.04 bits per heavy atom. The minimum atomic E-state index is -4.50. The van der Waals surface area contributed by atoms with E-state index in [1.807, 2.05) is 6.07 Å². The van der Waals surface area contributed by atoms with Crippen molar-refractivity contribution in [1.82, 2.24) is 9.55 Å². The molecule has 0 spiro atoms. The van der Waals surface area contributed by atoms with E-state index in [-0.39, 0.29) is 17.8 Å². The fourth-order valence-corrected chi connectivity index (χ4v) is 3.39. The van der Waals surface area contributed by atoms with E-state index in [1.165, 1.54) is 46.7 Å². The monoisotopic (exact) mass is 392 g/mol. The highest BCUT2D eigenvalue weighted by Gasteiger charge is 2.31. The van der Waals surface area contributed by atoms with Crippen LogP contribution in [-0.2, 0) is 6.18 Å². The number of nitriles is 1. The Kier molecular flexibility index (Phi) is 5.05. The zero-order valence-corrected chi connectivity index (χ0v) is 14.4. The third-order valence-electron chi connectivity index (χ3n) is 3.69. The molecule has 1 heterocycles. The van der Waals surface area contributed by atoms with Gasteiger partial charge in [-0.05, 0) is 24.3 Å². The molecular weight excluding hydrogens is 381 g/mol. The summed E-state index contributed by atoms with van der Waals surface area (Å²) in [6, 6.07) is 10.8. The van der Waals surface area contributed by atoms with Crippen molar-refractivity contribution in [3.8, 4) is 11.8 Å². The summed E-state index contributed by atoms with van der Waals surface area (Å²) in [6.07, 6.45) is -4.27. The number of imidazole rings is 1. The molecule has 0 fully saturated rings. The van der Waals surface area contributed by atoms with Gasteiger partial charge in [-0.1, -0.05) is 17.8 Å². The number of nitro groups is 1. The van der Waals surface area contributed by atoms with Crippen molar-refractivity contribution < 1.29 is 18.1 Å². The van der Waals surface area contributed by atoms with Gasteiger partial charge in [0.1, 0.15) is 0 Å². The summed E-state index contributed by atoms with van der Waals surface area (Å²) in [5.41, 5.74) is 0.00240. The summed E-state index contributed by atoms with van der Waals surface area (Å²) in [7, 11) is 0. The van der Waals surface area contributed by atoms with Crippen LogP contribution in [0.25, 0.3) is 16.7 Å². The third-order valence-corrected chi connectivity index (χ3v) is 4.64. The highest BCUT2D eigenvalue weighted by atomic mass is 32.2. The third kappa shape index (κ3) is 3.88. The lowest BCUT2D eigenvalue weighted by Crippen LogP contribution is -2.06. The molecule has 0 aliphatic carbocycles. The van der Waals surface area contributed by atoms with Crippen LogP contribution in [0.15, 0.2) is 47.6 Å². The van der Waals surface area contributed by atoms with E-state index < -0.39 is 16.7 Å². The predicted octanol–water partition coefficient (Wildman–Crippen LogP) is 4.96. The fraction of sp³-hybridized carbons (Fsp3) is 0.176. The zero-order chi connectivity index (χ0) is 19.6. The Hall–Kier alpha value is -3.06. The number of non-ortho nitro benzene ring substituents is 1. The van der Waals surface area contributed by atoms with Gasteiger partial charge in [-0.15, -0.1) is 0 Å². The standard InChI is InChI=1S/C17H11F3N4O2S/c18-17(19,20)11-3-1-4-12(9-11)23-15-6-5-13(24(25)26)10-14(15)22-16(23)27-8-2-7-21/h1,3-6,9-10H,2,8H2. The molecule has 138 valence electrons. The van der Waals surface area contributed by atoms with E-state index in [4.69, 9.17) is 5.26 Å². The van der Waals surface area contributed by atoms with Crippen molar-refractivity contribution in [2.75, 3.05) is 5.75 Å². The van der Waals surface area contributed by atoms with Gasteiger partial charge in [-0.3, -0.25) is 14.7 Å². The van der Waals surface area contributed by atoms with Crippen molar-refractivity contribution >= 4 is 28.5 Å². The van der Waals surface area contributed by atoms with Gasteiger partial charge in [-0.2, -0.15) is 18.4 Å². The average Bonchev–Trinajstić information content (AvgIpc) is 2.98. The van der Waals surface area contributed by atoms with Crippen molar-refractivity contribution in [2.24, 2.45) is 0 Å². The highest BCUT2D eigenvalue weighted by Crippen LogP contribution is 2.34. The summed E-state index contributed by atoms with van der Waals surface area (Å²) >= 11 is 1.20. The first-order valence-corrected chi connectivity index (χ1v) is 8.64. The normalized spacial score (nSPS) is 11.5. The van der Waals surface area contributed by atoms with Gasteiger partial charge >= 0.3 is 6.18 Å². The lowest BCUT2D eigenvalue weighted by atomic mass is 10.2. The Bertz CT molecular complexity index is 1060. The number of fused-ring (bicyclic) bond motifs is 1. The van der Waals surface area contributed by atoms with E-state index in [1.54, 1.807) is 0 Å². The minimum absolute atomic E-state index is 0.162. The van der Waals surface area contributed by atoms with E-state index in [0.29, 0.717) is 21.9 Å². The second-order valence-electron chi connectivity index (χ2n) is 5.46. The Balaban J connectivity index is 2.18. The Morgan fingerprint density at radius 3 is 2.70 bits per heavy atom. The lowest BCUT2D eigenvalue weighted by Gasteiger charge is -2.12. The maximum Gasteiger partial charge on any atom is 0.416 e. The molecule has 1 aromatic heterocycles. The number of hydrogen-bond donors (Lipinski definition) is 0. The molecule has 0 N–H and O–H groups in total. The van der Waals surface area contributed by atoms with Gasteiger partial charge < -0.3 is 0 Å². The molecule has 0 radical (unpaired) electrons. The van der Waals surface area contributed by atoms with E-state index >= 15 is 0 Å². The summed E-state index contributed by atoms with van der Waals surface area (Å²) in [6.45, 7) is 0. The quantitative estimate of drug-likeness (QED) is 0.265. The highest BCUT2D eigenvalue weighted by molar-refractivity contribution is 7.99. The number of hydrogen-bond acceptors (Lipinski definition) is 5. The first-order chi connectivity index (χ1) is 12.8. The SMILES string of the molecule is N#CCCSc1nc2cc([N+](=O)[O-])ccc2n1-c1cccc(C(F)(F)F)c1. The molecule has 27 heavy (non-hydrogen) atoms. The molecule has 0 atom stereocenters. The minimum Gasteiger partial charge on any atom is -0.287 e. The first-order valence-electron chi connectivity index (χ1n) is 7.65. The number of halogens is 3. The van der Waals surface area contributed by atoms with Crippen molar-refractivity contribution in [1.29, 1.82) is 5.26 Å². The Labute approximate surface area is 155 Å². The van der Waals surface area contributed by atoms with Crippen LogP contribution in [0.2, 0.25) is 0 Å². The second kappa shape index (κ2) is 7.28. The molecule has 0 aliphatic rings. The molecule has 0 saturated carbocycles. The van der Waals surface area contributed by atoms with Gasteiger partial charge in [0.15, 0.2) is 5.16 Å². The van der Waals surface area contributed by atoms with Gasteiger partial charge in [-0.25, -0.2) is 4.98 Å². The van der Waals surface area contributed by atoms with Crippen LogP contribution in [0.1, 0.15) is 12.0 Å². The number of nitro benzene ring substituents is 1. The number of rotatable bonds is 5. The molecule has 0 saturated heterocycles. The zero-order valence-electron chi connectivity index (χ0n) is 13.6. The van der Waals surface area contributed by atoms with Gasteiger partial charge in [0.25, 0.3) is 5.69 Å². The summed E-state index contributed by atoms with van der Waals surface area (Å²) < 4.78 is 40.7. The van der Waals surface area contributed by atoms with Crippen LogP contribution >= 0.6 is 11.8 Å². The van der Waals surface area contributed by atoms with E-state index in [0.717, 1.165) is 12.1 Å². The van der Waals surface area contributed by atoms with E-state index in [9.17, 15) is 23.3 Å². The number of thioether (sulfide) groups is 1. The molecular formula is C17H11F3N4O2S. The first kappa shape index (κ1) is 18.7. The van der Waals surface area contributed by atoms with Crippen LogP contribution < -0.4 is 0 Å². The van der Waals surface area contributed by atoms with Crippen LogP contribution in [0, 0.1) is 21.4 Å². The smallest absolute Gasteiger partial charge is 0.287 e. The molecule has 2 aromatic carbocycles. The molecule has 6 nitrogen and oxygen atoms in total. The van der Waals surface area contributed by atoms with Crippen molar-refractivity contribution in [2.45, 2.75) is 17.8 Å². The van der Waals surface area contributed by atoms with Gasteiger partial charge in [0.05, 0.1) is 27.6 Å². The molecule has 0 bridgehead atoms. The second-order valence-corrected chi connectivity index (χ2v) is 6.53. The molecule has 0 amide bonds.